The van der Waals surface area contributed by atoms with Gasteiger partial charge in [0.15, 0.2) is 0 Å². The Balaban J connectivity index is 0.00000361. The van der Waals surface area contributed by atoms with E-state index in [4.69, 9.17) is 0 Å². The molecule has 0 aromatic heterocycles. The van der Waals surface area contributed by atoms with Crippen molar-refractivity contribution in [2.24, 2.45) is 0 Å². The number of carbonyl (C=O) groups is 1. The number of carbonyl (C=O) groups excluding carboxylic acids is 1. The molecule has 0 aliphatic heterocycles. The Morgan fingerprint density at radius 1 is 1.20 bits per heavy atom. The molecule has 114 valence electrons. The second-order valence-corrected chi connectivity index (χ2v) is 5.06. The fourth-order valence-electron chi connectivity index (χ4n) is 2.19. The zero-order valence-corrected chi connectivity index (χ0v) is 13.6. The third-order valence-electron chi connectivity index (χ3n) is 3.26. The van der Waals surface area contributed by atoms with Crippen LogP contribution in [0.25, 0.3) is 0 Å². The Bertz CT molecular complexity index is 396. The van der Waals surface area contributed by atoms with E-state index < -0.39 is 0 Å². The van der Waals surface area contributed by atoms with Crippen LogP contribution in [0.2, 0.25) is 0 Å². The van der Waals surface area contributed by atoms with Crippen molar-refractivity contribution < 1.29 is 4.79 Å². The molecular formula is C16H27ClN2O. The Morgan fingerprint density at radius 3 is 2.55 bits per heavy atom. The van der Waals surface area contributed by atoms with Crippen LogP contribution in [0.1, 0.15) is 43.7 Å². The maximum absolute atomic E-state index is 11.8. The first-order chi connectivity index (χ1) is 9.15. The number of nitrogens with one attached hydrogen (secondary N) is 2. The van der Waals surface area contributed by atoms with E-state index >= 15 is 0 Å². The van der Waals surface area contributed by atoms with E-state index in [-0.39, 0.29) is 24.2 Å². The monoisotopic (exact) mass is 298 g/mol. The van der Waals surface area contributed by atoms with Crippen LogP contribution < -0.4 is 10.6 Å². The number of rotatable bonds is 8. The van der Waals surface area contributed by atoms with Crippen LogP contribution in [0.4, 0.5) is 0 Å². The first kappa shape index (κ1) is 18.9. The minimum atomic E-state index is 0. The predicted molar refractivity (Wildman–Crippen MR) is 87.6 cm³/mol. The molecule has 4 heteroatoms. The van der Waals surface area contributed by atoms with E-state index in [0.29, 0.717) is 13.0 Å². The van der Waals surface area contributed by atoms with Crippen LogP contribution in [-0.4, -0.2) is 25.5 Å². The maximum Gasteiger partial charge on any atom is 0.220 e. The van der Waals surface area contributed by atoms with Gasteiger partial charge in [0, 0.05) is 19.5 Å². The highest BCUT2D eigenvalue weighted by atomic mass is 35.5. The van der Waals surface area contributed by atoms with E-state index in [1.54, 1.807) is 0 Å². The largest absolute Gasteiger partial charge is 0.355 e. The quantitative estimate of drug-likeness (QED) is 0.724. The Kier molecular flexibility index (Phi) is 10.1. The topological polar surface area (TPSA) is 41.1 Å². The maximum atomic E-state index is 11.8. The molecule has 0 aliphatic carbocycles. The molecule has 1 rings (SSSR count). The first-order valence-corrected chi connectivity index (χ1v) is 7.18. The van der Waals surface area contributed by atoms with Gasteiger partial charge in [-0.2, -0.15) is 0 Å². The zero-order chi connectivity index (χ0) is 14.1. The van der Waals surface area contributed by atoms with Gasteiger partial charge in [-0.3, -0.25) is 4.79 Å². The van der Waals surface area contributed by atoms with Crippen molar-refractivity contribution in [3.05, 3.63) is 35.4 Å². The smallest absolute Gasteiger partial charge is 0.220 e. The summed E-state index contributed by atoms with van der Waals surface area (Å²) in [5.41, 5.74) is 2.52. The molecule has 0 aliphatic rings. The predicted octanol–water partition coefficient (Wildman–Crippen LogP) is 3.03. The summed E-state index contributed by atoms with van der Waals surface area (Å²) >= 11 is 0. The lowest BCUT2D eigenvalue weighted by molar-refractivity contribution is -0.121. The zero-order valence-electron chi connectivity index (χ0n) is 12.7. The average molecular weight is 299 g/mol. The van der Waals surface area contributed by atoms with Crippen molar-refractivity contribution in [3.63, 3.8) is 0 Å². The highest BCUT2D eigenvalue weighted by molar-refractivity contribution is 5.85. The summed E-state index contributed by atoms with van der Waals surface area (Å²) in [6.45, 7) is 8.90. The van der Waals surface area contributed by atoms with Gasteiger partial charge >= 0.3 is 0 Å². The van der Waals surface area contributed by atoms with E-state index in [1.165, 1.54) is 11.1 Å². The van der Waals surface area contributed by atoms with Crippen LogP contribution in [0.15, 0.2) is 24.3 Å². The summed E-state index contributed by atoms with van der Waals surface area (Å²) in [4.78, 5) is 11.8. The molecule has 3 nitrogen and oxygen atoms in total. The Morgan fingerprint density at radius 2 is 1.90 bits per heavy atom. The normalized spacial score (nSPS) is 11.6. The third kappa shape index (κ3) is 6.92. The molecule has 0 spiro atoms. The molecule has 0 heterocycles. The van der Waals surface area contributed by atoms with Crippen LogP contribution in [0.5, 0.6) is 0 Å². The van der Waals surface area contributed by atoms with E-state index in [2.05, 4.69) is 43.5 Å². The Hall–Kier alpha value is -1.06. The van der Waals surface area contributed by atoms with Gasteiger partial charge in [0.2, 0.25) is 5.91 Å². The van der Waals surface area contributed by atoms with Crippen LogP contribution in [-0.2, 0) is 4.79 Å². The van der Waals surface area contributed by atoms with Crippen LogP contribution in [0, 0.1) is 6.92 Å². The molecule has 1 atom stereocenters. The summed E-state index contributed by atoms with van der Waals surface area (Å²) < 4.78 is 0. The molecule has 2 N–H and O–H groups in total. The molecule has 1 aromatic carbocycles. The lowest BCUT2D eigenvalue weighted by Gasteiger charge is -2.14. The summed E-state index contributed by atoms with van der Waals surface area (Å²) in [6.07, 6.45) is 1.68. The minimum Gasteiger partial charge on any atom is -0.355 e. The molecule has 0 bridgehead atoms. The fourth-order valence-corrected chi connectivity index (χ4v) is 2.19. The van der Waals surface area contributed by atoms with Crippen molar-refractivity contribution in [1.82, 2.24) is 10.6 Å². The minimum absolute atomic E-state index is 0. The fraction of sp³-hybridized carbons (Fsp3) is 0.562. The summed E-state index contributed by atoms with van der Waals surface area (Å²) in [5.74, 6) is 0.402. The molecule has 0 saturated heterocycles. The third-order valence-corrected chi connectivity index (χ3v) is 3.26. The molecular weight excluding hydrogens is 272 g/mol. The molecule has 20 heavy (non-hydrogen) atoms. The number of halogens is 1. The highest BCUT2D eigenvalue weighted by Crippen LogP contribution is 2.21. The molecule has 0 saturated carbocycles. The first-order valence-electron chi connectivity index (χ1n) is 7.18. The molecule has 0 radical (unpaired) electrons. The van der Waals surface area contributed by atoms with Crippen LogP contribution in [0.3, 0.4) is 0 Å². The summed E-state index contributed by atoms with van der Waals surface area (Å²) in [5, 5.41) is 6.23. The molecule has 0 fully saturated rings. The second-order valence-electron chi connectivity index (χ2n) is 5.06. The number of hydrogen-bond acceptors (Lipinski definition) is 2. The van der Waals surface area contributed by atoms with Crippen LogP contribution >= 0.6 is 12.4 Å². The molecule has 1 amide bonds. The van der Waals surface area contributed by atoms with E-state index in [9.17, 15) is 4.79 Å². The van der Waals surface area contributed by atoms with Gasteiger partial charge in [-0.15, -0.1) is 12.4 Å². The van der Waals surface area contributed by atoms with Crippen molar-refractivity contribution in [2.75, 3.05) is 19.6 Å². The van der Waals surface area contributed by atoms with Crippen molar-refractivity contribution >= 4 is 18.3 Å². The van der Waals surface area contributed by atoms with Gasteiger partial charge in [-0.1, -0.05) is 38.1 Å². The van der Waals surface area contributed by atoms with Gasteiger partial charge in [-0.25, -0.2) is 0 Å². The van der Waals surface area contributed by atoms with E-state index in [1.807, 2.05) is 12.1 Å². The standard InChI is InChI=1S/C16H26N2O.ClH/c1-4-9-17-10-11-18-16(19)12-14(3)15-8-6-5-7-13(15)2;/h5-8,14,17H,4,9-12H2,1-3H3,(H,18,19);1H. The van der Waals surface area contributed by atoms with Gasteiger partial charge in [0.25, 0.3) is 0 Å². The average Bonchev–Trinajstić information content (AvgIpc) is 2.39. The number of amides is 1. The number of aryl methyl sites for hydroxylation is 1. The van der Waals surface area contributed by atoms with Crippen molar-refractivity contribution in [1.29, 1.82) is 0 Å². The van der Waals surface area contributed by atoms with Gasteiger partial charge < -0.3 is 10.6 Å². The Labute approximate surface area is 128 Å². The SMILES string of the molecule is CCCNCCNC(=O)CC(C)c1ccccc1C.Cl. The highest BCUT2D eigenvalue weighted by Gasteiger charge is 2.12. The van der Waals surface area contributed by atoms with Gasteiger partial charge in [0.05, 0.1) is 0 Å². The molecule has 1 aromatic rings. The number of hydrogen-bond donors (Lipinski definition) is 2. The van der Waals surface area contributed by atoms with Crippen molar-refractivity contribution in [2.45, 2.75) is 39.5 Å². The van der Waals surface area contributed by atoms with Gasteiger partial charge in [-0.05, 0) is 36.9 Å². The van der Waals surface area contributed by atoms with E-state index in [0.717, 1.165) is 19.5 Å². The lowest BCUT2D eigenvalue weighted by atomic mass is 9.93. The lowest BCUT2D eigenvalue weighted by Crippen LogP contribution is -2.32. The molecule has 1 unspecified atom stereocenters. The number of benzene rings is 1. The van der Waals surface area contributed by atoms with Crippen molar-refractivity contribution in [3.8, 4) is 0 Å². The summed E-state index contributed by atoms with van der Waals surface area (Å²) in [6, 6.07) is 8.27. The van der Waals surface area contributed by atoms with Gasteiger partial charge in [0.1, 0.15) is 0 Å². The summed E-state index contributed by atoms with van der Waals surface area (Å²) in [7, 11) is 0. The second kappa shape index (κ2) is 10.7.